The van der Waals surface area contributed by atoms with Gasteiger partial charge >= 0.3 is 0 Å². The van der Waals surface area contributed by atoms with Gasteiger partial charge in [0, 0.05) is 5.92 Å². The summed E-state index contributed by atoms with van der Waals surface area (Å²) in [6, 6.07) is 4.61. The Morgan fingerprint density at radius 1 is 1.44 bits per heavy atom. The maximum absolute atomic E-state index is 12.9. The van der Waals surface area contributed by atoms with Gasteiger partial charge in [-0.05, 0) is 42.9 Å². The Morgan fingerprint density at radius 2 is 2.19 bits per heavy atom. The van der Waals surface area contributed by atoms with Crippen molar-refractivity contribution in [2.24, 2.45) is 5.92 Å². The minimum absolute atomic E-state index is 0.218. The Kier molecular flexibility index (Phi) is 5.67. The van der Waals surface area contributed by atoms with Crippen LogP contribution in [0.3, 0.4) is 0 Å². The predicted molar refractivity (Wildman–Crippen MR) is 68.9 cm³/mol. The first-order valence-corrected chi connectivity index (χ1v) is 6.30. The van der Waals surface area contributed by atoms with E-state index in [1.165, 1.54) is 12.1 Å². The van der Waals surface area contributed by atoms with Crippen LogP contribution < -0.4 is 4.74 Å². The number of hydrogen-bond acceptors (Lipinski definition) is 2. The van der Waals surface area contributed by atoms with Crippen molar-refractivity contribution in [3.05, 3.63) is 29.6 Å². The molecule has 0 radical (unpaired) electrons. The summed E-state index contributed by atoms with van der Waals surface area (Å²) in [6.07, 6.45) is 2.25. The lowest BCUT2D eigenvalue weighted by atomic mass is 10.1. The molecule has 0 N–H and O–H groups in total. The van der Waals surface area contributed by atoms with Crippen molar-refractivity contribution in [3.63, 3.8) is 0 Å². The van der Waals surface area contributed by atoms with Gasteiger partial charge in [0.05, 0.1) is 6.61 Å². The zero-order valence-corrected chi connectivity index (χ0v) is 10.8. The largest absolute Gasteiger partial charge is 0.493 e. The summed E-state index contributed by atoms with van der Waals surface area (Å²) in [5.74, 6) is 1.85. The zero-order chi connectivity index (χ0) is 12.0. The SMILES string of the molecule is CCCC(CS)COc1ccc(F)cc1C. The van der Waals surface area contributed by atoms with Crippen LogP contribution in [0, 0.1) is 18.7 Å². The van der Waals surface area contributed by atoms with Crippen molar-refractivity contribution >= 4 is 12.6 Å². The lowest BCUT2D eigenvalue weighted by Gasteiger charge is -2.15. The van der Waals surface area contributed by atoms with E-state index in [4.69, 9.17) is 4.74 Å². The van der Waals surface area contributed by atoms with Crippen molar-refractivity contribution in [1.82, 2.24) is 0 Å². The van der Waals surface area contributed by atoms with E-state index in [9.17, 15) is 4.39 Å². The highest BCUT2D eigenvalue weighted by atomic mass is 32.1. The summed E-state index contributed by atoms with van der Waals surface area (Å²) >= 11 is 4.30. The van der Waals surface area contributed by atoms with Crippen LogP contribution in [0.4, 0.5) is 4.39 Å². The molecule has 90 valence electrons. The highest BCUT2D eigenvalue weighted by Crippen LogP contribution is 2.20. The van der Waals surface area contributed by atoms with Crippen molar-refractivity contribution < 1.29 is 9.13 Å². The molecule has 1 unspecified atom stereocenters. The summed E-state index contributed by atoms with van der Waals surface area (Å²) in [5.41, 5.74) is 0.842. The summed E-state index contributed by atoms with van der Waals surface area (Å²) in [5, 5.41) is 0. The predicted octanol–water partition coefficient (Wildman–Crippen LogP) is 3.86. The van der Waals surface area contributed by atoms with Crippen LogP contribution in [0.2, 0.25) is 0 Å². The number of halogens is 1. The molecule has 0 bridgehead atoms. The molecule has 1 nitrogen and oxygen atoms in total. The number of hydrogen-bond donors (Lipinski definition) is 1. The highest BCUT2D eigenvalue weighted by Gasteiger charge is 2.08. The van der Waals surface area contributed by atoms with Gasteiger partial charge in [0.25, 0.3) is 0 Å². The van der Waals surface area contributed by atoms with E-state index in [2.05, 4.69) is 19.6 Å². The van der Waals surface area contributed by atoms with E-state index in [-0.39, 0.29) is 5.82 Å². The Balaban J connectivity index is 2.53. The van der Waals surface area contributed by atoms with Gasteiger partial charge in [0.15, 0.2) is 0 Å². The first kappa shape index (κ1) is 13.4. The molecule has 1 aromatic carbocycles. The molecule has 0 aromatic heterocycles. The van der Waals surface area contributed by atoms with Crippen LogP contribution in [-0.2, 0) is 0 Å². The maximum Gasteiger partial charge on any atom is 0.123 e. The molecule has 1 aromatic rings. The van der Waals surface area contributed by atoms with E-state index in [1.807, 2.05) is 6.92 Å². The first-order valence-electron chi connectivity index (χ1n) is 5.67. The number of rotatable bonds is 6. The molecule has 0 heterocycles. The zero-order valence-electron chi connectivity index (χ0n) is 9.87. The molecule has 0 aliphatic rings. The molecule has 0 spiro atoms. The summed E-state index contributed by atoms with van der Waals surface area (Å²) in [7, 11) is 0. The van der Waals surface area contributed by atoms with E-state index in [0.29, 0.717) is 12.5 Å². The van der Waals surface area contributed by atoms with Crippen molar-refractivity contribution in [3.8, 4) is 5.75 Å². The van der Waals surface area contributed by atoms with Gasteiger partial charge < -0.3 is 4.74 Å². The third kappa shape index (κ3) is 4.05. The molecule has 0 aliphatic carbocycles. The van der Waals surface area contributed by atoms with E-state index < -0.39 is 0 Å². The molecule has 0 aliphatic heterocycles. The Labute approximate surface area is 102 Å². The minimum atomic E-state index is -0.218. The first-order chi connectivity index (χ1) is 7.67. The van der Waals surface area contributed by atoms with Crippen molar-refractivity contribution in [2.75, 3.05) is 12.4 Å². The molecule has 16 heavy (non-hydrogen) atoms. The molecule has 1 atom stereocenters. The molecular formula is C13H19FOS. The van der Waals surface area contributed by atoms with Gasteiger partial charge in [-0.3, -0.25) is 0 Å². The van der Waals surface area contributed by atoms with Crippen molar-refractivity contribution in [2.45, 2.75) is 26.7 Å². The fourth-order valence-corrected chi connectivity index (χ4v) is 1.91. The number of aryl methyl sites for hydroxylation is 1. The van der Waals surface area contributed by atoms with Gasteiger partial charge in [-0.1, -0.05) is 13.3 Å². The van der Waals surface area contributed by atoms with E-state index in [1.54, 1.807) is 6.07 Å². The summed E-state index contributed by atoms with van der Waals surface area (Å²) in [6.45, 7) is 4.66. The second-order valence-corrected chi connectivity index (χ2v) is 4.42. The molecular weight excluding hydrogens is 223 g/mol. The number of ether oxygens (including phenoxy) is 1. The van der Waals surface area contributed by atoms with Crippen LogP contribution in [0.15, 0.2) is 18.2 Å². The second kappa shape index (κ2) is 6.79. The minimum Gasteiger partial charge on any atom is -0.493 e. The van der Waals surface area contributed by atoms with Gasteiger partial charge in [-0.25, -0.2) is 4.39 Å². The van der Waals surface area contributed by atoms with Gasteiger partial charge in [-0.2, -0.15) is 12.6 Å². The smallest absolute Gasteiger partial charge is 0.123 e. The maximum atomic E-state index is 12.9. The van der Waals surface area contributed by atoms with Crippen LogP contribution in [0.5, 0.6) is 5.75 Å². The molecule has 0 amide bonds. The van der Waals surface area contributed by atoms with Crippen LogP contribution >= 0.6 is 12.6 Å². The number of thiol groups is 1. The van der Waals surface area contributed by atoms with E-state index in [0.717, 1.165) is 29.9 Å². The van der Waals surface area contributed by atoms with Crippen LogP contribution in [0.1, 0.15) is 25.3 Å². The Morgan fingerprint density at radius 3 is 2.75 bits per heavy atom. The topological polar surface area (TPSA) is 9.23 Å². The Bertz CT molecular complexity index is 328. The number of benzene rings is 1. The molecule has 3 heteroatoms. The lowest BCUT2D eigenvalue weighted by molar-refractivity contribution is 0.253. The second-order valence-electron chi connectivity index (χ2n) is 4.06. The lowest BCUT2D eigenvalue weighted by Crippen LogP contribution is -2.14. The van der Waals surface area contributed by atoms with Crippen LogP contribution in [-0.4, -0.2) is 12.4 Å². The standard InChI is InChI=1S/C13H19FOS/c1-3-4-11(9-16)8-15-13-6-5-12(14)7-10(13)2/h5-7,11,16H,3-4,8-9H2,1-2H3. The molecule has 0 saturated carbocycles. The van der Waals surface area contributed by atoms with E-state index >= 15 is 0 Å². The van der Waals surface area contributed by atoms with Gasteiger partial charge in [0.2, 0.25) is 0 Å². The third-order valence-electron chi connectivity index (χ3n) is 2.57. The molecule has 1 rings (SSSR count). The summed E-state index contributed by atoms with van der Waals surface area (Å²) in [4.78, 5) is 0. The van der Waals surface area contributed by atoms with Gasteiger partial charge in [0.1, 0.15) is 11.6 Å². The summed E-state index contributed by atoms with van der Waals surface area (Å²) < 4.78 is 18.5. The average molecular weight is 242 g/mol. The molecule has 0 fully saturated rings. The Hall–Kier alpha value is -0.700. The normalized spacial score (nSPS) is 12.5. The third-order valence-corrected chi connectivity index (χ3v) is 3.08. The average Bonchev–Trinajstić information content (AvgIpc) is 2.26. The fourth-order valence-electron chi connectivity index (χ4n) is 1.62. The highest BCUT2D eigenvalue weighted by molar-refractivity contribution is 7.80. The molecule has 0 saturated heterocycles. The fraction of sp³-hybridized carbons (Fsp3) is 0.538. The monoisotopic (exact) mass is 242 g/mol. The quantitative estimate of drug-likeness (QED) is 0.745. The van der Waals surface area contributed by atoms with Crippen LogP contribution in [0.25, 0.3) is 0 Å². The van der Waals surface area contributed by atoms with Crippen molar-refractivity contribution in [1.29, 1.82) is 0 Å². The van der Waals surface area contributed by atoms with Gasteiger partial charge in [-0.15, -0.1) is 0 Å².